The quantitative estimate of drug-likeness (QED) is 0.866. The summed E-state index contributed by atoms with van der Waals surface area (Å²) in [4.78, 5) is 25.5. The van der Waals surface area contributed by atoms with Gasteiger partial charge < -0.3 is 4.90 Å². The van der Waals surface area contributed by atoms with Gasteiger partial charge in [0.1, 0.15) is 5.54 Å². The number of nitrogens with zero attached hydrogens (tertiary/aromatic N) is 3. The molecule has 1 atom stereocenters. The van der Waals surface area contributed by atoms with E-state index in [1.807, 2.05) is 20.8 Å². The largest absolute Gasteiger partial charge is 0.325 e. The maximum Gasteiger partial charge on any atom is 0.325 e. The summed E-state index contributed by atoms with van der Waals surface area (Å²) in [5, 5.41) is 7.25. The Labute approximate surface area is 123 Å². The molecular weight excluding hydrogens is 280 g/mol. The van der Waals surface area contributed by atoms with Crippen molar-refractivity contribution < 1.29 is 9.59 Å². The first-order valence-corrected chi connectivity index (χ1v) is 7.07. The fourth-order valence-electron chi connectivity index (χ4n) is 2.41. The molecule has 1 N–H and O–H groups in total. The van der Waals surface area contributed by atoms with E-state index in [9.17, 15) is 9.59 Å². The second kappa shape index (κ2) is 5.09. The van der Waals surface area contributed by atoms with Gasteiger partial charge in [-0.15, -0.1) is 0 Å². The van der Waals surface area contributed by atoms with Crippen LogP contribution in [0.4, 0.5) is 4.79 Å². The van der Waals surface area contributed by atoms with Crippen LogP contribution in [0, 0.1) is 6.92 Å². The van der Waals surface area contributed by atoms with Gasteiger partial charge in [0.15, 0.2) is 0 Å². The van der Waals surface area contributed by atoms with E-state index in [0.29, 0.717) is 18.0 Å². The van der Waals surface area contributed by atoms with Gasteiger partial charge in [-0.1, -0.05) is 18.5 Å². The first-order chi connectivity index (χ1) is 9.35. The zero-order valence-electron chi connectivity index (χ0n) is 12.2. The van der Waals surface area contributed by atoms with Crippen LogP contribution in [0.25, 0.3) is 0 Å². The maximum absolute atomic E-state index is 12.0. The second-order valence-corrected chi connectivity index (χ2v) is 5.51. The Morgan fingerprint density at radius 3 is 2.55 bits per heavy atom. The van der Waals surface area contributed by atoms with Gasteiger partial charge in [-0.2, -0.15) is 5.10 Å². The minimum atomic E-state index is -0.836. The highest BCUT2D eigenvalue weighted by molar-refractivity contribution is 6.31. The van der Waals surface area contributed by atoms with Gasteiger partial charge >= 0.3 is 6.03 Å². The van der Waals surface area contributed by atoms with E-state index in [1.165, 1.54) is 4.90 Å². The monoisotopic (exact) mass is 298 g/mol. The summed E-state index contributed by atoms with van der Waals surface area (Å²) in [5.41, 5.74) is 0.654. The third kappa shape index (κ3) is 2.08. The Bertz CT molecular complexity index is 569. The summed E-state index contributed by atoms with van der Waals surface area (Å²) >= 11 is 6.26. The van der Waals surface area contributed by atoms with Gasteiger partial charge in [-0.25, -0.2) is 4.79 Å². The topological polar surface area (TPSA) is 67.2 Å². The first-order valence-electron chi connectivity index (χ1n) is 6.70. The van der Waals surface area contributed by atoms with Gasteiger partial charge in [0.05, 0.1) is 23.0 Å². The molecule has 1 fully saturated rings. The molecule has 0 saturated carbocycles. The van der Waals surface area contributed by atoms with Crippen LogP contribution in [0.2, 0.25) is 5.02 Å². The first kappa shape index (κ1) is 14.8. The van der Waals surface area contributed by atoms with Gasteiger partial charge in [0.2, 0.25) is 0 Å². The lowest BCUT2D eigenvalue weighted by Crippen LogP contribution is -2.46. The van der Waals surface area contributed by atoms with E-state index in [4.69, 9.17) is 11.6 Å². The molecule has 1 aromatic heterocycles. The summed E-state index contributed by atoms with van der Waals surface area (Å²) < 4.78 is 1.77. The van der Waals surface area contributed by atoms with Crippen molar-refractivity contribution in [2.24, 2.45) is 0 Å². The molecule has 0 radical (unpaired) electrons. The highest BCUT2D eigenvalue weighted by Crippen LogP contribution is 2.30. The molecule has 1 aromatic rings. The number of nitrogens with one attached hydrogen (secondary N) is 1. The second-order valence-electron chi connectivity index (χ2n) is 5.13. The molecule has 2 rings (SSSR count). The molecule has 1 unspecified atom stereocenters. The van der Waals surface area contributed by atoms with Crippen molar-refractivity contribution in [2.45, 2.75) is 52.7 Å². The fourth-order valence-corrected chi connectivity index (χ4v) is 2.61. The lowest BCUT2D eigenvalue weighted by Gasteiger charge is -2.30. The van der Waals surface area contributed by atoms with Gasteiger partial charge in [-0.3, -0.25) is 14.8 Å². The molecule has 1 saturated heterocycles. The number of rotatable bonds is 4. The van der Waals surface area contributed by atoms with E-state index >= 15 is 0 Å². The molecule has 110 valence electrons. The van der Waals surface area contributed by atoms with Crippen LogP contribution in [0.1, 0.15) is 38.6 Å². The number of halogens is 1. The smallest absolute Gasteiger partial charge is 0.304 e. The van der Waals surface area contributed by atoms with Crippen molar-refractivity contribution >= 4 is 23.5 Å². The number of imide groups is 1. The zero-order chi connectivity index (χ0) is 15.1. The molecular formula is C13H19ClN4O2. The molecule has 0 aromatic carbocycles. The highest BCUT2D eigenvalue weighted by Gasteiger charge is 2.48. The fraction of sp³-hybridized carbons (Fsp3) is 0.615. The number of amides is 3. The molecule has 2 heterocycles. The summed E-state index contributed by atoms with van der Waals surface area (Å²) in [7, 11) is 0. The third-order valence-electron chi connectivity index (χ3n) is 4.00. The van der Waals surface area contributed by atoms with Crippen LogP contribution in [0.5, 0.6) is 0 Å². The average Bonchev–Trinajstić information content (AvgIpc) is 2.81. The summed E-state index contributed by atoms with van der Waals surface area (Å²) in [5.74, 6) is -0.264. The van der Waals surface area contributed by atoms with Crippen LogP contribution in [0.3, 0.4) is 0 Å². The number of aryl methyl sites for hydroxylation is 2. The third-order valence-corrected chi connectivity index (χ3v) is 4.49. The van der Waals surface area contributed by atoms with Crippen LogP contribution in [-0.4, -0.2) is 32.2 Å². The van der Waals surface area contributed by atoms with E-state index < -0.39 is 5.54 Å². The number of hydrogen-bond donors (Lipinski definition) is 1. The minimum Gasteiger partial charge on any atom is -0.304 e. The van der Waals surface area contributed by atoms with Crippen LogP contribution >= 0.6 is 11.6 Å². The molecule has 6 nitrogen and oxygen atoms in total. The molecule has 1 aliphatic heterocycles. The van der Waals surface area contributed by atoms with Crippen molar-refractivity contribution in [1.29, 1.82) is 0 Å². The molecule has 7 heteroatoms. The van der Waals surface area contributed by atoms with Gasteiger partial charge in [0.25, 0.3) is 5.91 Å². The molecule has 0 bridgehead atoms. The van der Waals surface area contributed by atoms with Crippen LogP contribution in [-0.2, 0) is 17.9 Å². The minimum absolute atomic E-state index is 0.264. The number of carbonyl (C=O) groups excluding carboxylic acids is 2. The lowest BCUT2D eigenvalue weighted by atomic mass is 9.97. The molecule has 0 aliphatic carbocycles. The molecule has 1 aliphatic rings. The van der Waals surface area contributed by atoms with E-state index in [-0.39, 0.29) is 18.5 Å². The van der Waals surface area contributed by atoms with Crippen molar-refractivity contribution in [3.8, 4) is 0 Å². The van der Waals surface area contributed by atoms with Crippen molar-refractivity contribution in [3.63, 3.8) is 0 Å². The number of carbonyl (C=O) groups is 2. The van der Waals surface area contributed by atoms with Crippen molar-refractivity contribution in [2.75, 3.05) is 0 Å². The summed E-state index contributed by atoms with van der Waals surface area (Å²) in [6.45, 7) is 8.37. The molecule has 3 amide bonds. The Morgan fingerprint density at radius 1 is 1.35 bits per heavy atom. The summed E-state index contributed by atoms with van der Waals surface area (Å²) in [6, 6.07) is -0.378. The number of hydrogen-bond acceptors (Lipinski definition) is 3. The van der Waals surface area contributed by atoms with Crippen LogP contribution in [0.15, 0.2) is 0 Å². The van der Waals surface area contributed by atoms with E-state index in [1.54, 1.807) is 11.6 Å². The SMILES string of the molecule is CCn1nc(C)c(Cl)c1CN1C(=O)NC(=O)C1(C)CC. The highest BCUT2D eigenvalue weighted by atomic mass is 35.5. The predicted molar refractivity (Wildman–Crippen MR) is 75.4 cm³/mol. The summed E-state index contributed by atoms with van der Waals surface area (Å²) in [6.07, 6.45) is 0.543. The van der Waals surface area contributed by atoms with Crippen molar-refractivity contribution in [3.05, 3.63) is 16.4 Å². The molecule has 0 spiro atoms. The Balaban J connectivity index is 2.38. The van der Waals surface area contributed by atoms with Gasteiger partial charge in [-0.05, 0) is 27.2 Å². The zero-order valence-corrected chi connectivity index (χ0v) is 12.9. The normalized spacial score (nSPS) is 22.6. The Kier molecular flexibility index (Phi) is 3.77. The number of aromatic nitrogens is 2. The van der Waals surface area contributed by atoms with E-state index in [2.05, 4.69) is 10.4 Å². The average molecular weight is 299 g/mol. The standard InChI is InChI=1S/C13H19ClN4O2/c1-5-13(4)11(19)15-12(20)17(13)7-9-10(14)8(3)16-18(9)6-2/h5-7H2,1-4H3,(H,15,19,20). The van der Waals surface area contributed by atoms with Crippen molar-refractivity contribution in [1.82, 2.24) is 20.0 Å². The van der Waals surface area contributed by atoms with Crippen LogP contribution < -0.4 is 5.32 Å². The van der Waals surface area contributed by atoms with E-state index in [0.717, 1.165) is 11.4 Å². The maximum atomic E-state index is 12.0. The number of urea groups is 1. The van der Waals surface area contributed by atoms with Gasteiger partial charge in [0, 0.05) is 6.54 Å². The Hall–Kier alpha value is -1.56. The lowest BCUT2D eigenvalue weighted by molar-refractivity contribution is -0.126. The Morgan fingerprint density at radius 2 is 2.00 bits per heavy atom. The predicted octanol–water partition coefficient (Wildman–Crippen LogP) is 2.09. The molecule has 20 heavy (non-hydrogen) atoms.